The fraction of sp³-hybridized carbons (Fsp3) is 0.455. The summed E-state index contributed by atoms with van der Waals surface area (Å²) < 4.78 is 1.64. The highest BCUT2D eigenvalue weighted by Crippen LogP contribution is 2.09. The molecule has 0 spiro atoms. The van der Waals surface area contributed by atoms with Crippen LogP contribution in [0.1, 0.15) is 32.1 Å². The summed E-state index contributed by atoms with van der Waals surface area (Å²) in [6.07, 6.45) is 5.64. The van der Waals surface area contributed by atoms with E-state index in [0.29, 0.717) is 18.2 Å². The van der Waals surface area contributed by atoms with Crippen molar-refractivity contribution in [3.05, 3.63) is 34.9 Å². The van der Waals surface area contributed by atoms with Crippen LogP contribution in [0.4, 0.5) is 5.82 Å². The monoisotopic (exact) mass is 248 g/mol. The van der Waals surface area contributed by atoms with Crippen molar-refractivity contribution in [3.63, 3.8) is 0 Å². The Morgan fingerprint density at radius 3 is 3.00 bits per heavy atom. The molecule has 2 aromatic rings. The van der Waals surface area contributed by atoms with Gasteiger partial charge in [0.05, 0.1) is 6.04 Å². The van der Waals surface area contributed by atoms with E-state index in [2.05, 4.69) is 25.5 Å². The van der Waals surface area contributed by atoms with E-state index >= 15 is 0 Å². The second-order valence-electron chi connectivity index (χ2n) is 4.01. The molecule has 96 valence electrons. The van der Waals surface area contributed by atoms with Crippen molar-refractivity contribution in [1.82, 2.24) is 24.7 Å². The predicted molar refractivity (Wildman–Crippen MR) is 67.2 cm³/mol. The van der Waals surface area contributed by atoms with Gasteiger partial charge in [-0.05, 0) is 13.3 Å². The van der Waals surface area contributed by atoms with E-state index in [1.807, 2.05) is 13.8 Å². The first-order valence-corrected chi connectivity index (χ1v) is 5.89. The quantitative estimate of drug-likeness (QED) is 0.822. The number of hydrogen-bond acceptors (Lipinski definition) is 5. The lowest BCUT2D eigenvalue weighted by Gasteiger charge is -2.12. The van der Waals surface area contributed by atoms with Gasteiger partial charge in [0.25, 0.3) is 5.56 Å². The fourth-order valence-corrected chi connectivity index (χ4v) is 1.66. The summed E-state index contributed by atoms with van der Waals surface area (Å²) in [6.45, 7) is 4.60. The second-order valence-corrected chi connectivity index (χ2v) is 4.01. The van der Waals surface area contributed by atoms with Crippen LogP contribution in [0.25, 0.3) is 0 Å². The van der Waals surface area contributed by atoms with Gasteiger partial charge in [-0.15, -0.1) is 0 Å². The highest BCUT2D eigenvalue weighted by molar-refractivity contribution is 5.33. The third-order valence-electron chi connectivity index (χ3n) is 2.58. The molecule has 0 amide bonds. The minimum atomic E-state index is -0.148. The summed E-state index contributed by atoms with van der Waals surface area (Å²) in [6, 6.07) is -0.148. The molecule has 2 heterocycles. The number of hydrogen-bond donors (Lipinski definition) is 2. The van der Waals surface area contributed by atoms with Gasteiger partial charge in [-0.2, -0.15) is 5.10 Å². The van der Waals surface area contributed by atoms with Gasteiger partial charge >= 0.3 is 0 Å². The first kappa shape index (κ1) is 12.3. The van der Waals surface area contributed by atoms with Crippen LogP contribution in [0.5, 0.6) is 0 Å². The SMILES string of the molecule is CCCn1ccnc(NC(C)c2ncn[nH]2)c1=O. The Bertz CT molecular complexity index is 547. The maximum atomic E-state index is 12.1. The van der Waals surface area contributed by atoms with E-state index in [4.69, 9.17) is 0 Å². The zero-order valence-corrected chi connectivity index (χ0v) is 10.4. The highest BCUT2D eigenvalue weighted by Gasteiger charge is 2.11. The summed E-state index contributed by atoms with van der Waals surface area (Å²) in [4.78, 5) is 20.2. The molecule has 0 bridgehead atoms. The molecule has 2 aromatic heterocycles. The summed E-state index contributed by atoms with van der Waals surface area (Å²) in [7, 11) is 0. The van der Waals surface area contributed by atoms with Gasteiger partial charge in [0.15, 0.2) is 5.82 Å². The molecule has 0 saturated heterocycles. The van der Waals surface area contributed by atoms with Crippen LogP contribution in [-0.4, -0.2) is 24.7 Å². The van der Waals surface area contributed by atoms with E-state index in [1.54, 1.807) is 17.0 Å². The maximum absolute atomic E-state index is 12.1. The standard InChI is InChI=1S/C11H16N6O/c1-3-5-17-6-4-12-10(11(17)18)15-8(2)9-13-7-14-16-9/h4,6-8H,3,5H2,1-2H3,(H,12,15)(H,13,14,16). The third kappa shape index (κ3) is 2.55. The molecule has 0 aliphatic carbocycles. The predicted octanol–water partition coefficient (Wildman–Crippen LogP) is 0.944. The van der Waals surface area contributed by atoms with E-state index in [1.165, 1.54) is 6.33 Å². The third-order valence-corrected chi connectivity index (χ3v) is 2.58. The molecule has 0 radical (unpaired) electrons. The molecule has 2 N–H and O–H groups in total. The van der Waals surface area contributed by atoms with Crippen LogP contribution < -0.4 is 10.9 Å². The molecule has 7 heteroatoms. The van der Waals surface area contributed by atoms with Crippen LogP contribution in [0.3, 0.4) is 0 Å². The average Bonchev–Trinajstić information content (AvgIpc) is 2.88. The Balaban J connectivity index is 2.19. The van der Waals surface area contributed by atoms with E-state index in [0.717, 1.165) is 6.42 Å². The van der Waals surface area contributed by atoms with Gasteiger partial charge < -0.3 is 9.88 Å². The van der Waals surface area contributed by atoms with Gasteiger partial charge in [0, 0.05) is 18.9 Å². The Morgan fingerprint density at radius 2 is 2.33 bits per heavy atom. The number of H-pyrrole nitrogens is 1. The lowest BCUT2D eigenvalue weighted by Crippen LogP contribution is -2.25. The summed E-state index contributed by atoms with van der Waals surface area (Å²) in [5, 5.41) is 9.56. The van der Waals surface area contributed by atoms with Crippen molar-refractivity contribution in [3.8, 4) is 0 Å². The van der Waals surface area contributed by atoms with Crippen LogP contribution in [0.2, 0.25) is 0 Å². The van der Waals surface area contributed by atoms with E-state index in [-0.39, 0.29) is 11.6 Å². The Hall–Kier alpha value is -2.18. The molecule has 1 atom stereocenters. The van der Waals surface area contributed by atoms with Crippen LogP contribution in [0, 0.1) is 0 Å². The number of aromatic nitrogens is 5. The fourth-order valence-electron chi connectivity index (χ4n) is 1.66. The molecule has 0 aromatic carbocycles. The zero-order valence-electron chi connectivity index (χ0n) is 10.4. The van der Waals surface area contributed by atoms with Gasteiger partial charge in [-0.3, -0.25) is 9.89 Å². The molecule has 0 saturated carbocycles. The van der Waals surface area contributed by atoms with Crippen molar-refractivity contribution in [2.45, 2.75) is 32.9 Å². The summed E-state index contributed by atoms with van der Waals surface area (Å²) in [5.74, 6) is 0.997. The first-order valence-electron chi connectivity index (χ1n) is 5.89. The molecule has 2 rings (SSSR count). The molecule has 0 aliphatic heterocycles. The largest absolute Gasteiger partial charge is 0.356 e. The van der Waals surface area contributed by atoms with E-state index in [9.17, 15) is 4.79 Å². The molecule has 18 heavy (non-hydrogen) atoms. The van der Waals surface area contributed by atoms with Gasteiger partial charge in [0.1, 0.15) is 12.2 Å². The number of anilines is 1. The van der Waals surface area contributed by atoms with Crippen molar-refractivity contribution >= 4 is 5.82 Å². The normalized spacial score (nSPS) is 12.3. The molecule has 7 nitrogen and oxygen atoms in total. The Labute approximate surface area is 104 Å². The van der Waals surface area contributed by atoms with Crippen molar-refractivity contribution in [2.24, 2.45) is 0 Å². The number of aromatic amines is 1. The highest BCUT2D eigenvalue weighted by atomic mass is 16.1. The lowest BCUT2D eigenvalue weighted by molar-refractivity contribution is 0.646. The number of rotatable bonds is 5. The van der Waals surface area contributed by atoms with Crippen LogP contribution >= 0.6 is 0 Å². The summed E-state index contributed by atoms with van der Waals surface area (Å²) in [5.41, 5.74) is -0.120. The molecule has 0 fully saturated rings. The van der Waals surface area contributed by atoms with Gasteiger partial charge in [0.2, 0.25) is 0 Å². The molecular weight excluding hydrogens is 232 g/mol. The molecular formula is C11H16N6O. The minimum Gasteiger partial charge on any atom is -0.356 e. The number of nitrogens with one attached hydrogen (secondary N) is 2. The zero-order chi connectivity index (χ0) is 13.0. The maximum Gasteiger partial charge on any atom is 0.293 e. The molecule has 1 unspecified atom stereocenters. The second kappa shape index (κ2) is 5.44. The Kier molecular flexibility index (Phi) is 3.71. The minimum absolute atomic E-state index is 0.120. The number of aryl methyl sites for hydroxylation is 1. The van der Waals surface area contributed by atoms with Crippen molar-refractivity contribution in [1.29, 1.82) is 0 Å². The van der Waals surface area contributed by atoms with Gasteiger partial charge in [-0.1, -0.05) is 6.92 Å². The number of nitrogens with zero attached hydrogens (tertiary/aromatic N) is 4. The lowest BCUT2D eigenvalue weighted by atomic mass is 10.3. The van der Waals surface area contributed by atoms with Gasteiger partial charge in [-0.25, -0.2) is 9.97 Å². The smallest absolute Gasteiger partial charge is 0.293 e. The van der Waals surface area contributed by atoms with E-state index < -0.39 is 0 Å². The topological polar surface area (TPSA) is 88.5 Å². The van der Waals surface area contributed by atoms with Crippen molar-refractivity contribution in [2.75, 3.05) is 5.32 Å². The van der Waals surface area contributed by atoms with Crippen LogP contribution in [0.15, 0.2) is 23.5 Å². The first-order chi connectivity index (χ1) is 8.72. The summed E-state index contributed by atoms with van der Waals surface area (Å²) >= 11 is 0. The van der Waals surface area contributed by atoms with Crippen molar-refractivity contribution < 1.29 is 0 Å². The molecule has 0 aliphatic rings. The van der Waals surface area contributed by atoms with Crippen LogP contribution in [-0.2, 0) is 6.54 Å². The average molecular weight is 248 g/mol. The Morgan fingerprint density at radius 1 is 1.50 bits per heavy atom.